The SMILES string of the molecule is CCCCC1CCC(C2CC=C(c3ccc(S)cc3)CC2)CC1. The molecule has 1 heteroatoms. The molecule has 0 nitrogen and oxygen atoms in total. The molecule has 1 aromatic rings. The first-order chi connectivity index (χ1) is 11.3. The predicted molar refractivity (Wildman–Crippen MR) is 104 cm³/mol. The zero-order valence-electron chi connectivity index (χ0n) is 14.6. The van der Waals surface area contributed by atoms with Gasteiger partial charge in [0.2, 0.25) is 0 Å². The Balaban J connectivity index is 1.50. The highest BCUT2D eigenvalue weighted by atomic mass is 32.1. The van der Waals surface area contributed by atoms with E-state index in [1.54, 1.807) is 5.57 Å². The van der Waals surface area contributed by atoms with Crippen LogP contribution >= 0.6 is 12.6 Å². The van der Waals surface area contributed by atoms with Gasteiger partial charge in [-0.25, -0.2) is 0 Å². The zero-order chi connectivity index (χ0) is 16.1. The van der Waals surface area contributed by atoms with E-state index >= 15 is 0 Å². The van der Waals surface area contributed by atoms with E-state index in [2.05, 4.69) is 49.9 Å². The van der Waals surface area contributed by atoms with Crippen molar-refractivity contribution in [3.8, 4) is 0 Å². The van der Waals surface area contributed by atoms with Crippen LogP contribution in [0.25, 0.3) is 5.57 Å². The van der Waals surface area contributed by atoms with E-state index in [-0.39, 0.29) is 0 Å². The molecule has 1 fully saturated rings. The van der Waals surface area contributed by atoms with Crippen molar-refractivity contribution in [3.05, 3.63) is 35.9 Å². The fraction of sp³-hybridized carbons (Fsp3) is 0.636. The van der Waals surface area contributed by atoms with Crippen molar-refractivity contribution in [1.29, 1.82) is 0 Å². The summed E-state index contributed by atoms with van der Waals surface area (Å²) in [6.07, 6.45) is 16.8. The molecule has 2 aliphatic carbocycles. The van der Waals surface area contributed by atoms with Crippen LogP contribution in [0.15, 0.2) is 35.2 Å². The second-order valence-corrected chi connectivity index (χ2v) is 8.25. The van der Waals surface area contributed by atoms with Crippen molar-refractivity contribution in [2.45, 2.75) is 76.0 Å². The first-order valence-corrected chi connectivity index (χ1v) is 10.2. The highest BCUT2D eigenvalue weighted by molar-refractivity contribution is 7.80. The Labute approximate surface area is 148 Å². The molecule has 126 valence electrons. The fourth-order valence-corrected chi connectivity index (χ4v) is 4.81. The molecule has 0 aromatic heterocycles. The van der Waals surface area contributed by atoms with Gasteiger partial charge in [0.05, 0.1) is 0 Å². The average molecular weight is 329 g/mol. The quantitative estimate of drug-likeness (QED) is 0.545. The van der Waals surface area contributed by atoms with Crippen LogP contribution < -0.4 is 0 Å². The first-order valence-electron chi connectivity index (χ1n) is 9.74. The monoisotopic (exact) mass is 328 g/mol. The maximum Gasteiger partial charge on any atom is 0.00403 e. The normalized spacial score (nSPS) is 28.4. The first kappa shape index (κ1) is 17.1. The van der Waals surface area contributed by atoms with Crippen molar-refractivity contribution < 1.29 is 0 Å². The van der Waals surface area contributed by atoms with Crippen molar-refractivity contribution in [2.75, 3.05) is 0 Å². The Kier molecular flexibility index (Phi) is 6.28. The smallest absolute Gasteiger partial charge is 0.00403 e. The molecule has 0 amide bonds. The number of allylic oxidation sites excluding steroid dienone is 2. The molecule has 2 aliphatic rings. The summed E-state index contributed by atoms with van der Waals surface area (Å²) >= 11 is 4.39. The largest absolute Gasteiger partial charge is 0.143 e. The number of hydrogen-bond donors (Lipinski definition) is 1. The van der Waals surface area contributed by atoms with Crippen molar-refractivity contribution in [2.24, 2.45) is 17.8 Å². The van der Waals surface area contributed by atoms with Crippen LogP contribution in [-0.2, 0) is 0 Å². The summed E-state index contributed by atoms with van der Waals surface area (Å²) < 4.78 is 0. The van der Waals surface area contributed by atoms with Gasteiger partial charge in [0, 0.05) is 4.90 Å². The number of hydrogen-bond acceptors (Lipinski definition) is 1. The van der Waals surface area contributed by atoms with Gasteiger partial charge in [0.1, 0.15) is 0 Å². The van der Waals surface area contributed by atoms with Gasteiger partial charge in [-0.3, -0.25) is 0 Å². The van der Waals surface area contributed by atoms with Gasteiger partial charge >= 0.3 is 0 Å². The predicted octanol–water partition coefficient (Wildman–Crippen LogP) is 7.16. The molecule has 0 bridgehead atoms. The minimum atomic E-state index is 0.954. The lowest BCUT2D eigenvalue weighted by atomic mass is 9.70. The van der Waals surface area contributed by atoms with Gasteiger partial charge < -0.3 is 0 Å². The van der Waals surface area contributed by atoms with Gasteiger partial charge in [-0.05, 0) is 73.1 Å². The average Bonchev–Trinajstić information content (AvgIpc) is 2.61. The van der Waals surface area contributed by atoms with E-state index in [1.807, 2.05) is 0 Å². The Morgan fingerprint density at radius 3 is 2.30 bits per heavy atom. The van der Waals surface area contributed by atoms with Gasteiger partial charge in [0.25, 0.3) is 0 Å². The van der Waals surface area contributed by atoms with E-state index in [4.69, 9.17) is 0 Å². The molecule has 0 heterocycles. The Morgan fingerprint density at radius 1 is 0.957 bits per heavy atom. The molecule has 1 atom stereocenters. The topological polar surface area (TPSA) is 0 Å². The molecule has 0 aliphatic heterocycles. The molecular formula is C22H32S. The molecule has 0 spiro atoms. The molecule has 3 rings (SSSR count). The van der Waals surface area contributed by atoms with Crippen molar-refractivity contribution in [1.82, 2.24) is 0 Å². The third-order valence-electron chi connectivity index (χ3n) is 6.21. The standard InChI is InChI=1S/C22H32S/c1-2-3-4-17-5-7-18(8-6-17)19-9-11-20(12-10-19)21-13-15-22(23)16-14-21/h11,13-19,23H,2-10,12H2,1H3. The number of unbranched alkanes of at least 4 members (excludes halogenated alkanes) is 1. The Morgan fingerprint density at radius 2 is 1.70 bits per heavy atom. The van der Waals surface area contributed by atoms with Gasteiger partial charge in [-0.15, -0.1) is 12.6 Å². The number of rotatable bonds is 5. The number of thiol groups is 1. The van der Waals surface area contributed by atoms with E-state index < -0.39 is 0 Å². The molecule has 1 aromatic carbocycles. The molecule has 0 saturated heterocycles. The lowest BCUT2D eigenvalue weighted by Crippen LogP contribution is -2.23. The molecule has 23 heavy (non-hydrogen) atoms. The van der Waals surface area contributed by atoms with Crippen LogP contribution in [0.5, 0.6) is 0 Å². The second kappa shape index (κ2) is 8.42. The minimum Gasteiger partial charge on any atom is -0.143 e. The lowest BCUT2D eigenvalue weighted by molar-refractivity contribution is 0.188. The lowest BCUT2D eigenvalue weighted by Gasteiger charge is -2.35. The zero-order valence-corrected chi connectivity index (χ0v) is 15.5. The van der Waals surface area contributed by atoms with Crippen LogP contribution in [0.3, 0.4) is 0 Å². The maximum atomic E-state index is 4.39. The molecule has 0 radical (unpaired) electrons. The second-order valence-electron chi connectivity index (χ2n) is 7.73. The highest BCUT2D eigenvalue weighted by Gasteiger charge is 2.28. The Hall–Kier alpha value is -0.690. The van der Waals surface area contributed by atoms with Crippen LogP contribution in [0.2, 0.25) is 0 Å². The minimum absolute atomic E-state index is 0.954. The number of benzene rings is 1. The summed E-state index contributed by atoms with van der Waals surface area (Å²) in [5, 5.41) is 0. The Bertz CT molecular complexity index is 505. The third kappa shape index (κ3) is 4.66. The van der Waals surface area contributed by atoms with Crippen molar-refractivity contribution in [3.63, 3.8) is 0 Å². The summed E-state index contributed by atoms with van der Waals surface area (Å²) in [5.41, 5.74) is 2.97. The summed E-state index contributed by atoms with van der Waals surface area (Å²) in [5.74, 6) is 3.00. The summed E-state index contributed by atoms with van der Waals surface area (Å²) in [6, 6.07) is 8.69. The van der Waals surface area contributed by atoms with Crippen LogP contribution in [0, 0.1) is 17.8 Å². The summed E-state index contributed by atoms with van der Waals surface area (Å²) in [4.78, 5) is 1.06. The maximum absolute atomic E-state index is 4.39. The van der Waals surface area contributed by atoms with E-state index in [9.17, 15) is 0 Å². The third-order valence-corrected chi connectivity index (χ3v) is 6.51. The molecular weight excluding hydrogens is 296 g/mol. The van der Waals surface area contributed by atoms with Crippen LogP contribution in [0.1, 0.15) is 76.7 Å². The van der Waals surface area contributed by atoms with Gasteiger partial charge in [0.15, 0.2) is 0 Å². The van der Waals surface area contributed by atoms with E-state index in [1.165, 1.54) is 69.8 Å². The summed E-state index contributed by atoms with van der Waals surface area (Å²) in [6.45, 7) is 2.32. The summed E-state index contributed by atoms with van der Waals surface area (Å²) in [7, 11) is 0. The fourth-order valence-electron chi connectivity index (χ4n) is 4.66. The molecule has 1 saturated carbocycles. The van der Waals surface area contributed by atoms with Gasteiger partial charge in [-0.1, -0.05) is 57.2 Å². The van der Waals surface area contributed by atoms with Crippen molar-refractivity contribution >= 4 is 18.2 Å². The van der Waals surface area contributed by atoms with Gasteiger partial charge in [-0.2, -0.15) is 0 Å². The van der Waals surface area contributed by atoms with Crippen LogP contribution in [0.4, 0.5) is 0 Å². The van der Waals surface area contributed by atoms with E-state index in [0.29, 0.717) is 0 Å². The van der Waals surface area contributed by atoms with Crippen LogP contribution in [-0.4, -0.2) is 0 Å². The highest BCUT2D eigenvalue weighted by Crippen LogP contribution is 2.42. The van der Waals surface area contributed by atoms with E-state index in [0.717, 1.165) is 22.6 Å². The molecule has 0 N–H and O–H groups in total. The molecule has 1 unspecified atom stereocenters.